The Balaban J connectivity index is 2.33. The number of carbonyl (C=O) groups is 1. The lowest BCUT2D eigenvalue weighted by atomic mass is 10.1. The number of aliphatic carboxylic acids is 1. The first-order valence-electron chi connectivity index (χ1n) is 5.74. The number of rotatable bonds is 4. The van der Waals surface area contributed by atoms with Crippen LogP contribution in [0.3, 0.4) is 0 Å². The van der Waals surface area contributed by atoms with Crippen molar-refractivity contribution in [2.24, 2.45) is 5.92 Å². The number of nitrogens with zero attached hydrogens (tertiary/aromatic N) is 3. The molecule has 18 heavy (non-hydrogen) atoms. The topological polar surface area (TPSA) is 66.3 Å². The number of fused-ring (bicyclic) bond motifs is 1. The number of aromatic nitrogens is 2. The molecule has 0 aliphatic heterocycles. The highest BCUT2D eigenvalue weighted by molar-refractivity contribution is 5.91. The van der Waals surface area contributed by atoms with Crippen LogP contribution in [0.4, 0.5) is 5.82 Å². The van der Waals surface area contributed by atoms with Crippen LogP contribution < -0.4 is 4.90 Å². The highest BCUT2D eigenvalue weighted by Crippen LogP contribution is 2.22. The number of carboxylic acids is 1. The van der Waals surface area contributed by atoms with Crippen LogP contribution in [0.15, 0.2) is 30.5 Å². The highest BCUT2D eigenvalue weighted by Gasteiger charge is 2.16. The van der Waals surface area contributed by atoms with Gasteiger partial charge in [-0.1, -0.05) is 31.2 Å². The minimum Gasteiger partial charge on any atom is -0.481 e. The van der Waals surface area contributed by atoms with Crippen molar-refractivity contribution < 1.29 is 9.90 Å². The van der Waals surface area contributed by atoms with E-state index in [9.17, 15) is 4.79 Å². The number of anilines is 1. The van der Waals surface area contributed by atoms with E-state index in [1.54, 1.807) is 13.1 Å². The van der Waals surface area contributed by atoms with Crippen molar-refractivity contribution in [1.29, 1.82) is 0 Å². The van der Waals surface area contributed by atoms with Gasteiger partial charge in [-0.3, -0.25) is 4.79 Å². The molecule has 0 saturated carbocycles. The van der Waals surface area contributed by atoms with Gasteiger partial charge in [-0.15, -0.1) is 5.10 Å². The molecule has 2 rings (SSSR count). The molecule has 94 valence electrons. The molecule has 1 atom stereocenters. The van der Waals surface area contributed by atoms with E-state index < -0.39 is 11.9 Å². The van der Waals surface area contributed by atoms with Crippen molar-refractivity contribution in [1.82, 2.24) is 10.2 Å². The van der Waals surface area contributed by atoms with Crippen LogP contribution in [-0.4, -0.2) is 34.9 Å². The number of hydrogen-bond donors (Lipinski definition) is 1. The Morgan fingerprint density at radius 3 is 2.89 bits per heavy atom. The lowest BCUT2D eigenvalue weighted by molar-refractivity contribution is -0.140. The fourth-order valence-corrected chi connectivity index (χ4v) is 1.87. The molecular formula is C13H15N3O2. The number of carboxylic acid groups (broad SMARTS) is 1. The van der Waals surface area contributed by atoms with Gasteiger partial charge in [0.15, 0.2) is 5.82 Å². The summed E-state index contributed by atoms with van der Waals surface area (Å²) in [6.07, 6.45) is 1.70. The monoisotopic (exact) mass is 245 g/mol. The van der Waals surface area contributed by atoms with Gasteiger partial charge in [0.2, 0.25) is 0 Å². The molecule has 1 heterocycles. The van der Waals surface area contributed by atoms with Gasteiger partial charge >= 0.3 is 5.97 Å². The van der Waals surface area contributed by atoms with Gasteiger partial charge in [0.1, 0.15) is 0 Å². The molecule has 0 bridgehead atoms. The Kier molecular flexibility index (Phi) is 3.41. The Morgan fingerprint density at radius 2 is 2.17 bits per heavy atom. The minimum absolute atomic E-state index is 0.401. The fraction of sp³-hybridized carbons (Fsp3) is 0.308. The molecule has 0 radical (unpaired) electrons. The third kappa shape index (κ3) is 2.40. The molecule has 1 aromatic carbocycles. The van der Waals surface area contributed by atoms with Crippen molar-refractivity contribution in [2.75, 3.05) is 18.5 Å². The summed E-state index contributed by atoms with van der Waals surface area (Å²) in [6, 6.07) is 7.79. The molecule has 0 aliphatic rings. The van der Waals surface area contributed by atoms with Gasteiger partial charge in [-0.05, 0) is 0 Å². The minimum atomic E-state index is -0.810. The maximum absolute atomic E-state index is 10.9. The maximum atomic E-state index is 10.9. The SMILES string of the molecule is CC(CN(C)c1nncc2ccccc12)C(=O)O. The first kappa shape index (κ1) is 12.3. The second-order valence-electron chi connectivity index (χ2n) is 4.38. The van der Waals surface area contributed by atoms with Crippen LogP contribution in [0.2, 0.25) is 0 Å². The Labute approximate surface area is 105 Å². The average molecular weight is 245 g/mol. The van der Waals surface area contributed by atoms with Crippen LogP contribution >= 0.6 is 0 Å². The maximum Gasteiger partial charge on any atom is 0.308 e. The summed E-state index contributed by atoms with van der Waals surface area (Å²) in [5.74, 6) is -0.549. The van der Waals surface area contributed by atoms with Crippen LogP contribution in [0.5, 0.6) is 0 Å². The van der Waals surface area contributed by atoms with Gasteiger partial charge in [0.05, 0.1) is 12.1 Å². The third-order valence-corrected chi connectivity index (χ3v) is 2.88. The summed E-state index contributed by atoms with van der Waals surface area (Å²) >= 11 is 0. The molecule has 5 heteroatoms. The molecule has 0 aliphatic carbocycles. The standard InChI is InChI=1S/C13H15N3O2/c1-9(13(17)18)8-16(2)12-11-6-4-3-5-10(11)7-14-15-12/h3-7,9H,8H2,1-2H3,(H,17,18). The average Bonchev–Trinajstić information content (AvgIpc) is 2.37. The zero-order valence-electron chi connectivity index (χ0n) is 10.4. The molecular weight excluding hydrogens is 230 g/mol. The molecule has 1 aromatic heterocycles. The van der Waals surface area contributed by atoms with E-state index in [0.29, 0.717) is 12.4 Å². The molecule has 1 N–H and O–H groups in total. The van der Waals surface area contributed by atoms with Crippen molar-refractivity contribution >= 4 is 22.6 Å². The predicted octanol–water partition coefficient (Wildman–Crippen LogP) is 1.79. The molecule has 0 amide bonds. The van der Waals surface area contributed by atoms with Gasteiger partial charge in [0.25, 0.3) is 0 Å². The van der Waals surface area contributed by atoms with Crippen LogP contribution in [-0.2, 0) is 4.79 Å². The number of benzene rings is 1. The molecule has 0 spiro atoms. The summed E-state index contributed by atoms with van der Waals surface area (Å²) in [6.45, 7) is 2.08. The van der Waals surface area contributed by atoms with E-state index in [1.807, 2.05) is 36.2 Å². The van der Waals surface area contributed by atoms with E-state index in [4.69, 9.17) is 5.11 Å². The van der Waals surface area contributed by atoms with Crippen LogP contribution in [0.1, 0.15) is 6.92 Å². The van der Waals surface area contributed by atoms with E-state index in [0.717, 1.165) is 10.8 Å². The third-order valence-electron chi connectivity index (χ3n) is 2.88. The summed E-state index contributed by atoms with van der Waals surface area (Å²) in [5.41, 5.74) is 0. The van der Waals surface area contributed by atoms with Crippen molar-refractivity contribution in [3.05, 3.63) is 30.5 Å². The zero-order chi connectivity index (χ0) is 13.1. The van der Waals surface area contributed by atoms with Crippen molar-refractivity contribution in [3.8, 4) is 0 Å². The summed E-state index contributed by atoms with van der Waals surface area (Å²) in [4.78, 5) is 12.7. The van der Waals surface area contributed by atoms with E-state index >= 15 is 0 Å². The molecule has 5 nitrogen and oxygen atoms in total. The van der Waals surface area contributed by atoms with Crippen LogP contribution in [0.25, 0.3) is 10.8 Å². The Hall–Kier alpha value is -2.17. The van der Waals surface area contributed by atoms with Crippen molar-refractivity contribution in [2.45, 2.75) is 6.92 Å². The van der Waals surface area contributed by atoms with E-state index in [2.05, 4.69) is 10.2 Å². The van der Waals surface area contributed by atoms with Gasteiger partial charge in [-0.2, -0.15) is 5.10 Å². The fourth-order valence-electron chi connectivity index (χ4n) is 1.87. The number of hydrogen-bond acceptors (Lipinski definition) is 4. The normalized spacial score (nSPS) is 12.3. The lowest BCUT2D eigenvalue weighted by Gasteiger charge is -2.21. The largest absolute Gasteiger partial charge is 0.481 e. The Bertz CT molecular complexity index is 566. The first-order chi connectivity index (χ1) is 8.59. The summed E-state index contributed by atoms with van der Waals surface area (Å²) < 4.78 is 0. The van der Waals surface area contributed by atoms with E-state index in [1.165, 1.54) is 0 Å². The van der Waals surface area contributed by atoms with E-state index in [-0.39, 0.29) is 0 Å². The molecule has 0 fully saturated rings. The highest BCUT2D eigenvalue weighted by atomic mass is 16.4. The second-order valence-corrected chi connectivity index (χ2v) is 4.38. The van der Waals surface area contributed by atoms with Crippen molar-refractivity contribution in [3.63, 3.8) is 0 Å². The Morgan fingerprint density at radius 1 is 1.44 bits per heavy atom. The summed E-state index contributed by atoms with van der Waals surface area (Å²) in [5, 5.41) is 19.0. The molecule has 1 unspecified atom stereocenters. The van der Waals surface area contributed by atoms with Gasteiger partial charge < -0.3 is 10.0 Å². The van der Waals surface area contributed by atoms with Crippen LogP contribution in [0, 0.1) is 5.92 Å². The summed E-state index contributed by atoms with van der Waals surface area (Å²) in [7, 11) is 1.83. The predicted molar refractivity (Wildman–Crippen MR) is 69.6 cm³/mol. The van der Waals surface area contributed by atoms with Gasteiger partial charge in [-0.25, -0.2) is 0 Å². The lowest BCUT2D eigenvalue weighted by Crippen LogP contribution is -2.29. The second kappa shape index (κ2) is 5.00. The molecule has 2 aromatic rings. The zero-order valence-corrected chi connectivity index (χ0v) is 10.4. The smallest absolute Gasteiger partial charge is 0.308 e. The first-order valence-corrected chi connectivity index (χ1v) is 5.74. The quantitative estimate of drug-likeness (QED) is 0.889. The van der Waals surface area contributed by atoms with Gasteiger partial charge in [0, 0.05) is 24.4 Å². The molecule has 0 saturated heterocycles.